The van der Waals surface area contributed by atoms with Crippen LogP contribution in [0.5, 0.6) is 0 Å². The van der Waals surface area contributed by atoms with Gasteiger partial charge in [-0.05, 0) is 48.0 Å². The van der Waals surface area contributed by atoms with Crippen molar-refractivity contribution in [1.29, 1.82) is 0 Å². The fraction of sp³-hybridized carbons (Fsp3) is 0.120. The molecule has 0 aliphatic rings. The molecule has 4 aromatic rings. The molecule has 0 spiro atoms. The number of nitrogens with one attached hydrogen (secondary N) is 2. The second-order valence-electron chi connectivity index (χ2n) is 7.73. The number of carbonyl (C=O) groups is 2. The molecular weight excluding hydrogens is 475 g/mol. The molecule has 35 heavy (non-hydrogen) atoms. The summed E-state index contributed by atoms with van der Waals surface area (Å²) in [5, 5.41) is 2.98. The number of hydrogen-bond acceptors (Lipinski definition) is 6. The molecule has 0 radical (unpaired) electrons. The van der Waals surface area contributed by atoms with Crippen LogP contribution in [0.15, 0.2) is 65.1 Å². The molecule has 0 aliphatic carbocycles. The van der Waals surface area contributed by atoms with Crippen LogP contribution >= 0.6 is 0 Å². The Morgan fingerprint density at radius 1 is 1.00 bits per heavy atom. The van der Waals surface area contributed by atoms with Crippen LogP contribution < -0.4 is 10.0 Å². The lowest BCUT2D eigenvalue weighted by Gasteiger charge is -2.12. The van der Waals surface area contributed by atoms with Crippen LogP contribution in [0.2, 0.25) is 0 Å². The third-order valence-electron chi connectivity index (χ3n) is 5.28. The maximum absolute atomic E-state index is 13.5. The van der Waals surface area contributed by atoms with E-state index in [4.69, 9.17) is 9.15 Å². The van der Waals surface area contributed by atoms with E-state index in [0.29, 0.717) is 22.1 Å². The number of furan rings is 1. The summed E-state index contributed by atoms with van der Waals surface area (Å²) in [5.41, 5.74) is 2.27. The van der Waals surface area contributed by atoms with Crippen molar-refractivity contribution in [2.75, 3.05) is 25.1 Å². The van der Waals surface area contributed by atoms with Gasteiger partial charge in [-0.2, -0.15) is 0 Å². The topological polar surface area (TPSA) is 115 Å². The molecule has 0 fully saturated rings. The number of fused-ring (bicyclic) bond motifs is 1. The first-order valence-electron chi connectivity index (χ1n) is 10.4. The lowest BCUT2D eigenvalue weighted by molar-refractivity contribution is 0.0600. The van der Waals surface area contributed by atoms with Gasteiger partial charge in [-0.15, -0.1) is 0 Å². The van der Waals surface area contributed by atoms with Gasteiger partial charge in [0.2, 0.25) is 10.0 Å². The number of hydrogen-bond donors (Lipinski definition) is 2. The molecule has 8 nitrogen and oxygen atoms in total. The standard InChI is InChI=1S/C25H21FN2O6S/c1-27-24(29)22-19-12-18(15-5-4-6-16(11-15)25(30)33-2)20(28-35(3,31)32)13-21(19)34-23(22)14-7-9-17(26)10-8-14/h4-13,28H,1-3H3,(H,27,29). The normalized spacial score (nSPS) is 11.3. The quantitative estimate of drug-likeness (QED) is 0.382. The van der Waals surface area contributed by atoms with Gasteiger partial charge in [-0.1, -0.05) is 12.1 Å². The number of anilines is 1. The number of sulfonamides is 1. The molecule has 3 aromatic carbocycles. The second kappa shape index (κ2) is 9.22. The largest absolute Gasteiger partial charge is 0.465 e. The highest BCUT2D eigenvalue weighted by atomic mass is 32.2. The minimum absolute atomic E-state index is 0.185. The molecule has 0 saturated carbocycles. The van der Waals surface area contributed by atoms with E-state index in [9.17, 15) is 22.4 Å². The van der Waals surface area contributed by atoms with Gasteiger partial charge in [0.25, 0.3) is 5.91 Å². The minimum atomic E-state index is -3.69. The van der Waals surface area contributed by atoms with Crippen molar-refractivity contribution in [3.8, 4) is 22.5 Å². The molecule has 10 heteroatoms. The first-order valence-corrected chi connectivity index (χ1v) is 12.3. The predicted molar refractivity (Wildman–Crippen MR) is 130 cm³/mol. The number of amides is 1. The summed E-state index contributed by atoms with van der Waals surface area (Å²) in [5.74, 6) is -1.25. The summed E-state index contributed by atoms with van der Waals surface area (Å²) in [6.07, 6.45) is 1.01. The molecule has 1 amide bonds. The van der Waals surface area contributed by atoms with Gasteiger partial charge in [0.15, 0.2) is 0 Å². The Morgan fingerprint density at radius 3 is 2.34 bits per heavy atom. The van der Waals surface area contributed by atoms with Gasteiger partial charge in [-0.3, -0.25) is 9.52 Å². The van der Waals surface area contributed by atoms with Crippen LogP contribution in [0, 0.1) is 5.82 Å². The van der Waals surface area contributed by atoms with Crippen LogP contribution in [-0.4, -0.2) is 40.7 Å². The van der Waals surface area contributed by atoms with Crippen LogP contribution in [0.3, 0.4) is 0 Å². The Labute approximate surface area is 200 Å². The number of halogens is 1. The maximum atomic E-state index is 13.5. The summed E-state index contributed by atoms with van der Waals surface area (Å²) in [7, 11) is -0.965. The van der Waals surface area contributed by atoms with Crippen LogP contribution in [0.1, 0.15) is 20.7 Å². The number of rotatable bonds is 6. The van der Waals surface area contributed by atoms with E-state index < -0.39 is 27.7 Å². The maximum Gasteiger partial charge on any atom is 0.337 e. The number of benzene rings is 3. The Bertz CT molecular complexity index is 1560. The zero-order valence-corrected chi connectivity index (χ0v) is 19.8. The highest BCUT2D eigenvalue weighted by molar-refractivity contribution is 7.92. The van der Waals surface area contributed by atoms with Crippen LogP contribution in [0.4, 0.5) is 10.1 Å². The summed E-state index contributed by atoms with van der Waals surface area (Å²) < 4.78 is 50.9. The Kier molecular flexibility index (Phi) is 6.31. The van der Waals surface area contributed by atoms with Crippen molar-refractivity contribution in [2.45, 2.75) is 0 Å². The first kappa shape index (κ1) is 24.0. The third kappa shape index (κ3) is 4.87. The van der Waals surface area contributed by atoms with Crippen molar-refractivity contribution in [3.63, 3.8) is 0 Å². The molecule has 0 unspecified atom stereocenters. The van der Waals surface area contributed by atoms with Crippen molar-refractivity contribution >= 4 is 38.6 Å². The molecule has 2 N–H and O–H groups in total. The van der Waals surface area contributed by atoms with Gasteiger partial charge >= 0.3 is 5.97 Å². The number of esters is 1. The van der Waals surface area contributed by atoms with E-state index >= 15 is 0 Å². The summed E-state index contributed by atoms with van der Waals surface area (Å²) in [6.45, 7) is 0. The average molecular weight is 497 g/mol. The van der Waals surface area contributed by atoms with Gasteiger partial charge in [0, 0.05) is 29.6 Å². The molecule has 1 aromatic heterocycles. The highest BCUT2D eigenvalue weighted by Crippen LogP contribution is 2.40. The first-order chi connectivity index (χ1) is 16.6. The van der Waals surface area contributed by atoms with Crippen molar-refractivity contribution in [1.82, 2.24) is 5.32 Å². The lowest BCUT2D eigenvalue weighted by atomic mass is 9.97. The Balaban J connectivity index is 2.03. The van der Waals surface area contributed by atoms with Crippen LogP contribution in [0.25, 0.3) is 33.4 Å². The van der Waals surface area contributed by atoms with Crippen molar-refractivity contribution in [2.24, 2.45) is 0 Å². The minimum Gasteiger partial charge on any atom is -0.465 e. The smallest absolute Gasteiger partial charge is 0.337 e. The van der Waals surface area contributed by atoms with E-state index in [1.54, 1.807) is 30.3 Å². The van der Waals surface area contributed by atoms with Gasteiger partial charge in [0.05, 0.1) is 30.2 Å². The van der Waals surface area contributed by atoms with E-state index in [0.717, 1.165) is 6.26 Å². The number of methoxy groups -OCH3 is 1. The monoisotopic (exact) mass is 496 g/mol. The Hall–Kier alpha value is -4.18. The fourth-order valence-electron chi connectivity index (χ4n) is 3.75. The molecule has 180 valence electrons. The van der Waals surface area contributed by atoms with Gasteiger partial charge < -0.3 is 14.5 Å². The van der Waals surface area contributed by atoms with E-state index in [1.165, 1.54) is 44.5 Å². The van der Waals surface area contributed by atoms with E-state index in [2.05, 4.69) is 10.0 Å². The molecule has 4 rings (SSSR count). The molecular formula is C25H21FN2O6S. The summed E-state index contributed by atoms with van der Waals surface area (Å²) in [6, 6.07) is 15.0. The molecule has 0 aliphatic heterocycles. The highest BCUT2D eigenvalue weighted by Gasteiger charge is 2.24. The second-order valence-corrected chi connectivity index (χ2v) is 9.48. The summed E-state index contributed by atoms with van der Waals surface area (Å²) in [4.78, 5) is 24.9. The van der Waals surface area contributed by atoms with Gasteiger partial charge in [-0.25, -0.2) is 17.6 Å². The lowest BCUT2D eigenvalue weighted by Crippen LogP contribution is -2.18. The predicted octanol–water partition coefficient (Wildman–Crippen LogP) is 4.42. The van der Waals surface area contributed by atoms with E-state index in [1.807, 2.05) is 0 Å². The molecule has 0 bridgehead atoms. The van der Waals surface area contributed by atoms with Crippen LogP contribution in [-0.2, 0) is 14.8 Å². The fourth-order valence-corrected chi connectivity index (χ4v) is 4.32. The Morgan fingerprint density at radius 2 is 1.71 bits per heavy atom. The third-order valence-corrected chi connectivity index (χ3v) is 5.87. The molecule has 1 heterocycles. The van der Waals surface area contributed by atoms with Crippen molar-refractivity contribution in [3.05, 3.63) is 77.6 Å². The van der Waals surface area contributed by atoms with Gasteiger partial charge in [0.1, 0.15) is 17.2 Å². The number of carbonyl (C=O) groups excluding carboxylic acids is 2. The van der Waals surface area contributed by atoms with E-state index in [-0.39, 0.29) is 28.2 Å². The molecule has 0 saturated heterocycles. The zero-order valence-electron chi connectivity index (χ0n) is 19.0. The SMILES string of the molecule is CNC(=O)c1c(-c2ccc(F)cc2)oc2cc(NS(C)(=O)=O)c(-c3cccc(C(=O)OC)c3)cc12. The van der Waals surface area contributed by atoms with Crippen molar-refractivity contribution < 1.29 is 31.6 Å². The molecule has 0 atom stereocenters. The summed E-state index contributed by atoms with van der Waals surface area (Å²) >= 11 is 0. The zero-order chi connectivity index (χ0) is 25.3. The average Bonchev–Trinajstić information content (AvgIpc) is 3.20. The number of ether oxygens (including phenoxy) is 1.